The van der Waals surface area contributed by atoms with Crippen molar-refractivity contribution in [1.82, 2.24) is 5.32 Å². The molecule has 0 fully saturated rings. The third kappa shape index (κ3) is 7.49. The van der Waals surface area contributed by atoms with Crippen LogP contribution in [0.25, 0.3) is 0 Å². The minimum absolute atomic E-state index is 0.321. The molecule has 1 atom stereocenters. The molecule has 0 aliphatic rings. The number of amides is 1. The molecule has 0 spiro atoms. The molecular weight excluding hydrogens is 306 g/mol. The standard InChI is InChI=1S/C19H29NO4/c1-4-5-6-7-8-9-13-24-19(22)15(2)20-18(21)16-11-10-12-17(14-16)23-3/h10-12,14-15H,4-9,13H2,1-3H3,(H,20,21). The zero-order valence-corrected chi connectivity index (χ0v) is 15.0. The molecule has 5 heteroatoms. The van der Waals surface area contributed by atoms with Crippen LogP contribution < -0.4 is 10.1 Å². The molecule has 1 rings (SSSR count). The van der Waals surface area contributed by atoms with Crippen LogP contribution in [0.4, 0.5) is 0 Å². The van der Waals surface area contributed by atoms with Crippen LogP contribution in [0, 0.1) is 0 Å². The van der Waals surface area contributed by atoms with Crippen molar-refractivity contribution in [3.8, 4) is 5.75 Å². The fourth-order valence-corrected chi connectivity index (χ4v) is 2.28. The zero-order valence-electron chi connectivity index (χ0n) is 15.0. The maximum Gasteiger partial charge on any atom is 0.328 e. The lowest BCUT2D eigenvalue weighted by Crippen LogP contribution is -2.39. The monoisotopic (exact) mass is 335 g/mol. The van der Waals surface area contributed by atoms with Gasteiger partial charge in [-0.25, -0.2) is 4.79 Å². The van der Waals surface area contributed by atoms with Crippen LogP contribution in [0.5, 0.6) is 5.75 Å². The number of carbonyl (C=O) groups is 2. The van der Waals surface area contributed by atoms with Crippen LogP contribution in [0.15, 0.2) is 24.3 Å². The number of methoxy groups -OCH3 is 1. The molecule has 134 valence electrons. The van der Waals surface area contributed by atoms with E-state index in [1.54, 1.807) is 38.3 Å². The lowest BCUT2D eigenvalue weighted by molar-refractivity contribution is -0.145. The van der Waals surface area contributed by atoms with Crippen molar-refractivity contribution in [2.45, 2.75) is 58.4 Å². The van der Waals surface area contributed by atoms with Gasteiger partial charge in [-0.2, -0.15) is 0 Å². The van der Waals surface area contributed by atoms with Crippen molar-refractivity contribution >= 4 is 11.9 Å². The number of unbranched alkanes of at least 4 members (excludes halogenated alkanes) is 5. The van der Waals surface area contributed by atoms with Crippen LogP contribution in [-0.2, 0) is 9.53 Å². The summed E-state index contributed by atoms with van der Waals surface area (Å²) in [5, 5.41) is 2.65. The summed E-state index contributed by atoms with van der Waals surface area (Å²) in [6.45, 7) is 4.22. The third-order valence-electron chi connectivity index (χ3n) is 3.78. The highest BCUT2D eigenvalue weighted by Crippen LogP contribution is 2.12. The fourth-order valence-electron chi connectivity index (χ4n) is 2.28. The fraction of sp³-hybridized carbons (Fsp3) is 0.579. The average molecular weight is 335 g/mol. The van der Waals surface area contributed by atoms with Gasteiger partial charge in [0.15, 0.2) is 0 Å². The second-order valence-electron chi connectivity index (χ2n) is 5.86. The number of rotatable bonds is 11. The van der Waals surface area contributed by atoms with Gasteiger partial charge in [0.2, 0.25) is 0 Å². The van der Waals surface area contributed by atoms with Gasteiger partial charge in [0.25, 0.3) is 5.91 Å². The minimum Gasteiger partial charge on any atom is -0.497 e. The lowest BCUT2D eigenvalue weighted by Gasteiger charge is -2.13. The molecule has 0 saturated carbocycles. The van der Waals surface area contributed by atoms with Gasteiger partial charge in [-0.05, 0) is 31.5 Å². The Labute approximate surface area is 144 Å². The van der Waals surface area contributed by atoms with E-state index in [-0.39, 0.29) is 5.91 Å². The topological polar surface area (TPSA) is 64.6 Å². The molecule has 1 N–H and O–H groups in total. The van der Waals surface area contributed by atoms with Gasteiger partial charge in [-0.3, -0.25) is 4.79 Å². The first-order chi connectivity index (χ1) is 11.6. The summed E-state index contributed by atoms with van der Waals surface area (Å²) in [4.78, 5) is 24.0. The predicted molar refractivity (Wildman–Crippen MR) is 94.3 cm³/mol. The Morgan fingerprint density at radius 3 is 2.54 bits per heavy atom. The molecule has 1 unspecified atom stereocenters. The van der Waals surface area contributed by atoms with E-state index in [0.29, 0.717) is 17.9 Å². The van der Waals surface area contributed by atoms with Gasteiger partial charge < -0.3 is 14.8 Å². The molecule has 0 saturated heterocycles. The summed E-state index contributed by atoms with van der Waals surface area (Å²) < 4.78 is 10.3. The molecular formula is C19H29NO4. The Balaban J connectivity index is 2.29. The highest BCUT2D eigenvalue weighted by molar-refractivity contribution is 5.97. The largest absolute Gasteiger partial charge is 0.497 e. The Bertz CT molecular complexity index is 516. The molecule has 1 amide bonds. The van der Waals surface area contributed by atoms with Crippen molar-refractivity contribution < 1.29 is 19.1 Å². The Morgan fingerprint density at radius 2 is 1.83 bits per heavy atom. The molecule has 0 aromatic heterocycles. The molecule has 24 heavy (non-hydrogen) atoms. The summed E-state index contributed by atoms with van der Waals surface area (Å²) in [6, 6.07) is 6.11. The summed E-state index contributed by atoms with van der Waals surface area (Å²) in [5.74, 6) is -0.126. The first kappa shape index (κ1) is 20.0. The van der Waals surface area contributed by atoms with Crippen molar-refractivity contribution in [3.63, 3.8) is 0 Å². The summed E-state index contributed by atoms with van der Waals surface area (Å²) in [6.07, 6.45) is 6.82. The number of ether oxygens (including phenoxy) is 2. The van der Waals surface area contributed by atoms with Crippen molar-refractivity contribution in [2.24, 2.45) is 0 Å². The van der Waals surface area contributed by atoms with E-state index in [9.17, 15) is 9.59 Å². The number of benzene rings is 1. The molecule has 0 aliphatic carbocycles. The second kappa shape index (κ2) is 11.5. The first-order valence-corrected chi connectivity index (χ1v) is 8.70. The van der Waals surface area contributed by atoms with Gasteiger partial charge in [-0.1, -0.05) is 45.1 Å². The van der Waals surface area contributed by atoms with Crippen molar-refractivity contribution in [3.05, 3.63) is 29.8 Å². The normalized spacial score (nSPS) is 11.6. The number of carbonyl (C=O) groups excluding carboxylic acids is 2. The Kier molecular flexibility index (Phi) is 9.58. The van der Waals surface area contributed by atoms with E-state index < -0.39 is 12.0 Å². The highest BCUT2D eigenvalue weighted by Gasteiger charge is 2.18. The zero-order chi connectivity index (χ0) is 17.8. The lowest BCUT2D eigenvalue weighted by atomic mass is 10.1. The van der Waals surface area contributed by atoms with E-state index in [2.05, 4.69) is 12.2 Å². The van der Waals surface area contributed by atoms with Gasteiger partial charge in [-0.15, -0.1) is 0 Å². The summed E-state index contributed by atoms with van der Waals surface area (Å²) in [7, 11) is 1.54. The molecule has 5 nitrogen and oxygen atoms in total. The Hall–Kier alpha value is -2.04. The van der Waals surface area contributed by atoms with Crippen molar-refractivity contribution in [2.75, 3.05) is 13.7 Å². The maximum absolute atomic E-state index is 12.1. The number of hydrogen-bond donors (Lipinski definition) is 1. The first-order valence-electron chi connectivity index (χ1n) is 8.70. The van der Waals surface area contributed by atoms with Gasteiger partial charge in [0.05, 0.1) is 13.7 Å². The van der Waals surface area contributed by atoms with Crippen molar-refractivity contribution in [1.29, 1.82) is 0 Å². The maximum atomic E-state index is 12.1. The number of hydrogen-bond acceptors (Lipinski definition) is 4. The summed E-state index contributed by atoms with van der Waals surface area (Å²) >= 11 is 0. The van der Waals surface area contributed by atoms with E-state index in [0.717, 1.165) is 12.8 Å². The van der Waals surface area contributed by atoms with Crippen LogP contribution in [0.3, 0.4) is 0 Å². The molecule has 0 bridgehead atoms. The third-order valence-corrected chi connectivity index (χ3v) is 3.78. The SMILES string of the molecule is CCCCCCCCOC(=O)C(C)NC(=O)c1cccc(OC)c1. The van der Waals surface area contributed by atoms with Gasteiger partial charge in [0.1, 0.15) is 11.8 Å². The summed E-state index contributed by atoms with van der Waals surface area (Å²) in [5.41, 5.74) is 0.449. The predicted octanol–water partition coefficient (Wildman–Crippen LogP) is 3.72. The van der Waals surface area contributed by atoms with Gasteiger partial charge >= 0.3 is 5.97 Å². The molecule has 1 aromatic carbocycles. The smallest absolute Gasteiger partial charge is 0.328 e. The van der Waals surface area contributed by atoms with Crippen LogP contribution in [-0.4, -0.2) is 31.6 Å². The highest BCUT2D eigenvalue weighted by atomic mass is 16.5. The quantitative estimate of drug-likeness (QED) is 0.494. The number of esters is 1. The molecule has 0 heterocycles. The van der Waals surface area contributed by atoms with Crippen LogP contribution in [0.2, 0.25) is 0 Å². The van der Waals surface area contributed by atoms with Crippen LogP contribution >= 0.6 is 0 Å². The Morgan fingerprint density at radius 1 is 1.12 bits per heavy atom. The van der Waals surface area contributed by atoms with Gasteiger partial charge in [0, 0.05) is 5.56 Å². The van der Waals surface area contributed by atoms with E-state index in [4.69, 9.17) is 9.47 Å². The number of nitrogens with one attached hydrogen (secondary N) is 1. The average Bonchev–Trinajstić information content (AvgIpc) is 2.60. The molecule has 1 aromatic rings. The second-order valence-corrected chi connectivity index (χ2v) is 5.86. The van der Waals surface area contributed by atoms with E-state index in [1.165, 1.54) is 25.7 Å². The minimum atomic E-state index is -0.677. The van der Waals surface area contributed by atoms with Crippen LogP contribution in [0.1, 0.15) is 62.7 Å². The van der Waals surface area contributed by atoms with E-state index in [1.807, 2.05) is 0 Å². The van der Waals surface area contributed by atoms with E-state index >= 15 is 0 Å². The molecule has 0 aliphatic heterocycles. The molecule has 0 radical (unpaired) electrons.